The van der Waals surface area contributed by atoms with Gasteiger partial charge in [0.2, 0.25) is 5.75 Å². The number of ether oxygens (including phenoxy) is 2. The number of benzene rings is 2. The van der Waals surface area contributed by atoms with Crippen molar-refractivity contribution in [3.8, 4) is 5.75 Å². The first-order valence-electron chi connectivity index (χ1n) is 10.6. The van der Waals surface area contributed by atoms with E-state index in [4.69, 9.17) is 4.74 Å². The lowest BCUT2D eigenvalue weighted by atomic mass is 10.2. The molecule has 0 radical (unpaired) electrons. The molecule has 0 unspecified atom stereocenters. The number of fused-ring (bicyclic) bond motifs is 1. The van der Waals surface area contributed by atoms with Gasteiger partial charge in [0.15, 0.2) is 6.10 Å². The van der Waals surface area contributed by atoms with Crippen molar-refractivity contribution < 1.29 is 19.2 Å². The zero-order valence-corrected chi connectivity index (χ0v) is 22.3. The van der Waals surface area contributed by atoms with Crippen molar-refractivity contribution >= 4 is 60.6 Å². The largest absolute Gasteiger partial charge is 0.471 e. The predicted octanol–water partition coefficient (Wildman–Crippen LogP) is 4.99. The van der Waals surface area contributed by atoms with Gasteiger partial charge in [-0.2, -0.15) is 9.78 Å². The third kappa shape index (κ3) is 6.12. The Morgan fingerprint density at radius 3 is 2.69 bits per heavy atom. The summed E-state index contributed by atoms with van der Waals surface area (Å²) in [6, 6.07) is 8.01. The molecule has 0 aliphatic heterocycles. The molecule has 0 bridgehead atoms. The number of nitro groups is 1. The molecule has 0 saturated carbocycles. The van der Waals surface area contributed by atoms with Crippen LogP contribution in [0.5, 0.6) is 5.75 Å². The van der Waals surface area contributed by atoms with E-state index in [1.54, 1.807) is 18.2 Å². The fraction of sp³-hybridized carbons (Fsp3) is 0.304. The number of hydrogen-bond acceptors (Lipinski definition) is 8. The average Bonchev–Trinajstić information content (AvgIpc) is 2.83. The summed E-state index contributed by atoms with van der Waals surface area (Å²) < 4.78 is 12.6. The van der Waals surface area contributed by atoms with Crippen LogP contribution in [0.15, 0.2) is 49.2 Å². The molecule has 3 aromatic rings. The number of unbranched alkanes of at least 4 members (excludes halogenated alkanes) is 1. The summed E-state index contributed by atoms with van der Waals surface area (Å²) in [5.41, 5.74) is -0.0291. The third-order valence-electron chi connectivity index (χ3n) is 5.03. The third-order valence-corrected chi connectivity index (χ3v) is 5.98. The number of aryl methyl sites for hydroxylation is 1. The van der Waals surface area contributed by atoms with Crippen LogP contribution in [0.25, 0.3) is 10.9 Å². The quantitative estimate of drug-likeness (QED) is 0.145. The molecule has 0 amide bonds. The van der Waals surface area contributed by atoms with Gasteiger partial charge in [-0.25, -0.2) is 9.78 Å². The standard InChI is InChI=1S/C23H22Br2N4O6/c1-4-5-6-20-27-18-8-7-15(24)10-17(18)22(30)28(20)26-12-14-9-16(25)11-19(29(32)33)21(14)35-13(2)23(31)34-3/h7-13H,4-6H2,1-3H3/t13-/m1/s1. The molecule has 0 spiro atoms. The van der Waals surface area contributed by atoms with E-state index < -0.39 is 17.0 Å². The maximum Gasteiger partial charge on any atom is 0.346 e. The number of aromatic nitrogens is 2. The van der Waals surface area contributed by atoms with Crippen molar-refractivity contribution in [2.24, 2.45) is 5.10 Å². The summed E-state index contributed by atoms with van der Waals surface area (Å²) in [5, 5.41) is 16.4. The van der Waals surface area contributed by atoms with Crippen LogP contribution in [0.1, 0.15) is 38.1 Å². The average molecular weight is 610 g/mol. The number of nitrogens with zero attached hydrogens (tertiary/aromatic N) is 4. The van der Waals surface area contributed by atoms with Gasteiger partial charge in [-0.1, -0.05) is 45.2 Å². The van der Waals surface area contributed by atoms with E-state index in [1.165, 1.54) is 37.1 Å². The van der Waals surface area contributed by atoms with Crippen molar-refractivity contribution in [3.05, 3.63) is 71.1 Å². The van der Waals surface area contributed by atoms with E-state index in [0.717, 1.165) is 17.3 Å². The predicted molar refractivity (Wildman–Crippen MR) is 138 cm³/mol. The summed E-state index contributed by atoms with van der Waals surface area (Å²) in [7, 11) is 1.19. The fourth-order valence-corrected chi connectivity index (χ4v) is 4.11. The Balaban J connectivity index is 2.19. The Kier molecular flexibility index (Phi) is 8.73. The number of halogens is 2. The molecular formula is C23H22Br2N4O6. The minimum absolute atomic E-state index is 0.181. The molecule has 1 atom stereocenters. The molecule has 2 aromatic carbocycles. The minimum atomic E-state index is -1.12. The van der Waals surface area contributed by atoms with Crippen molar-refractivity contribution in [2.75, 3.05) is 7.11 Å². The molecule has 0 aliphatic rings. The highest BCUT2D eigenvalue weighted by molar-refractivity contribution is 9.10. The summed E-state index contributed by atoms with van der Waals surface area (Å²) >= 11 is 6.62. The number of carbonyl (C=O) groups is 1. The van der Waals surface area contributed by atoms with Crippen LogP contribution in [0, 0.1) is 10.1 Å². The Bertz CT molecular complexity index is 1370. The Morgan fingerprint density at radius 2 is 2.03 bits per heavy atom. The van der Waals surface area contributed by atoms with E-state index in [0.29, 0.717) is 27.6 Å². The van der Waals surface area contributed by atoms with Gasteiger partial charge in [0.1, 0.15) is 5.82 Å². The highest BCUT2D eigenvalue weighted by Crippen LogP contribution is 2.34. The van der Waals surface area contributed by atoms with E-state index in [-0.39, 0.29) is 22.6 Å². The lowest BCUT2D eigenvalue weighted by Gasteiger charge is -2.15. The molecule has 0 fully saturated rings. The summed E-state index contributed by atoms with van der Waals surface area (Å²) in [6.07, 6.45) is 2.35. The van der Waals surface area contributed by atoms with Gasteiger partial charge in [-0.05, 0) is 37.6 Å². The number of rotatable bonds is 9. The molecule has 3 rings (SSSR count). The Morgan fingerprint density at radius 1 is 1.29 bits per heavy atom. The summed E-state index contributed by atoms with van der Waals surface area (Å²) in [4.78, 5) is 40.9. The van der Waals surface area contributed by atoms with E-state index >= 15 is 0 Å². The maximum atomic E-state index is 13.3. The van der Waals surface area contributed by atoms with Crippen LogP contribution < -0.4 is 10.3 Å². The van der Waals surface area contributed by atoms with E-state index in [9.17, 15) is 19.7 Å². The molecule has 12 heteroatoms. The van der Waals surface area contributed by atoms with Crippen LogP contribution in [0.2, 0.25) is 0 Å². The molecule has 0 aliphatic carbocycles. The minimum Gasteiger partial charge on any atom is -0.471 e. The number of hydrogen-bond donors (Lipinski definition) is 0. The fourth-order valence-electron chi connectivity index (χ4n) is 3.28. The highest BCUT2D eigenvalue weighted by atomic mass is 79.9. The second-order valence-electron chi connectivity index (χ2n) is 7.54. The zero-order chi connectivity index (χ0) is 25.7. The number of nitro benzene ring substituents is 1. The van der Waals surface area contributed by atoms with Gasteiger partial charge >= 0.3 is 11.7 Å². The Hall–Kier alpha value is -3.12. The molecule has 184 valence electrons. The molecule has 0 saturated heterocycles. The first-order valence-corrected chi connectivity index (χ1v) is 12.2. The molecule has 0 N–H and O–H groups in total. The summed E-state index contributed by atoms with van der Waals surface area (Å²) in [6.45, 7) is 3.44. The zero-order valence-electron chi connectivity index (χ0n) is 19.2. The van der Waals surface area contributed by atoms with Gasteiger partial charge in [0.25, 0.3) is 5.56 Å². The van der Waals surface area contributed by atoms with Crippen molar-refractivity contribution in [1.82, 2.24) is 9.66 Å². The smallest absolute Gasteiger partial charge is 0.346 e. The first-order chi connectivity index (χ1) is 16.7. The SMILES string of the molecule is CCCCc1nc2ccc(Br)cc2c(=O)n1N=Cc1cc(Br)cc([N+](=O)[O-])c1O[C@H](C)C(=O)OC. The van der Waals surface area contributed by atoms with E-state index in [1.807, 2.05) is 6.92 Å². The van der Waals surface area contributed by atoms with Crippen molar-refractivity contribution in [1.29, 1.82) is 0 Å². The number of methoxy groups -OCH3 is 1. The van der Waals surface area contributed by atoms with Crippen LogP contribution >= 0.6 is 31.9 Å². The number of carbonyl (C=O) groups excluding carboxylic acids is 1. The van der Waals surface area contributed by atoms with Gasteiger partial charge in [-0.3, -0.25) is 14.9 Å². The molecule has 1 heterocycles. The topological polar surface area (TPSA) is 126 Å². The van der Waals surface area contributed by atoms with Crippen LogP contribution in [-0.2, 0) is 16.0 Å². The molecular weight excluding hydrogens is 588 g/mol. The summed E-state index contributed by atoms with van der Waals surface area (Å²) in [5.74, 6) is -0.426. The Labute approximate surface area is 217 Å². The van der Waals surface area contributed by atoms with Crippen LogP contribution in [-0.4, -0.2) is 40.0 Å². The molecule has 35 heavy (non-hydrogen) atoms. The lowest BCUT2D eigenvalue weighted by Crippen LogP contribution is -2.26. The van der Waals surface area contributed by atoms with Crippen molar-refractivity contribution in [3.63, 3.8) is 0 Å². The maximum absolute atomic E-state index is 13.3. The first kappa shape index (κ1) is 26.5. The van der Waals surface area contributed by atoms with Crippen LogP contribution in [0.3, 0.4) is 0 Å². The molecule has 10 nitrogen and oxygen atoms in total. The van der Waals surface area contributed by atoms with E-state index in [2.05, 4.69) is 46.7 Å². The highest BCUT2D eigenvalue weighted by Gasteiger charge is 2.25. The molecule has 1 aromatic heterocycles. The number of esters is 1. The lowest BCUT2D eigenvalue weighted by molar-refractivity contribution is -0.386. The second kappa shape index (κ2) is 11.5. The monoisotopic (exact) mass is 608 g/mol. The van der Waals surface area contributed by atoms with Gasteiger partial charge in [0.05, 0.1) is 29.2 Å². The normalized spacial score (nSPS) is 12.1. The second-order valence-corrected chi connectivity index (χ2v) is 9.37. The van der Waals surface area contributed by atoms with Gasteiger partial charge < -0.3 is 9.47 Å². The van der Waals surface area contributed by atoms with Crippen LogP contribution in [0.4, 0.5) is 5.69 Å². The van der Waals surface area contributed by atoms with Crippen molar-refractivity contribution in [2.45, 2.75) is 39.2 Å². The van der Waals surface area contributed by atoms with Gasteiger partial charge in [-0.15, -0.1) is 0 Å². The van der Waals surface area contributed by atoms with Gasteiger partial charge in [0, 0.05) is 27.0 Å².